The fraction of sp³-hybridized carbons (Fsp3) is 0.444. The van der Waals surface area contributed by atoms with Crippen molar-refractivity contribution in [2.75, 3.05) is 44.2 Å². The molecule has 3 aromatic carbocycles. The van der Waals surface area contributed by atoms with E-state index in [4.69, 9.17) is 32.5 Å². The number of nitrogens with one attached hydrogen (secondary N) is 1. The summed E-state index contributed by atoms with van der Waals surface area (Å²) in [6.45, 7) is 4.69. The highest BCUT2D eigenvalue weighted by Gasteiger charge is 2.48. The lowest BCUT2D eigenvalue weighted by atomic mass is 9.93. The number of fused-ring (bicyclic) bond motifs is 6. The number of aromatic hydroxyl groups is 1. The molecule has 0 amide bonds. The van der Waals surface area contributed by atoms with E-state index < -0.39 is 11.6 Å². The zero-order valence-electron chi connectivity index (χ0n) is 25.7. The highest BCUT2D eigenvalue weighted by atomic mass is 35.5. The van der Waals surface area contributed by atoms with Gasteiger partial charge in [0.05, 0.1) is 29.4 Å². The minimum absolute atomic E-state index is 0.0102. The largest absolute Gasteiger partial charge is 0.508 e. The Kier molecular flexibility index (Phi) is 6.81. The normalized spacial score (nSPS) is 26.0. The Hall–Kier alpha value is -3.75. The van der Waals surface area contributed by atoms with Crippen molar-refractivity contribution < 1.29 is 23.4 Å². The van der Waals surface area contributed by atoms with E-state index in [9.17, 15) is 9.50 Å². The van der Waals surface area contributed by atoms with E-state index in [0.29, 0.717) is 60.6 Å². The smallest absolute Gasteiger partial charge is 0.319 e. The molecular weight excluding hydrogens is 624 g/mol. The number of morpholine rings is 1. The molecule has 0 radical (unpaired) electrons. The summed E-state index contributed by atoms with van der Waals surface area (Å²) < 4.78 is 44.1. The van der Waals surface area contributed by atoms with E-state index in [0.717, 1.165) is 51.7 Å². The quantitative estimate of drug-likeness (QED) is 0.247. The lowest BCUT2D eigenvalue weighted by molar-refractivity contribution is -0.183. The first-order chi connectivity index (χ1) is 22.8. The van der Waals surface area contributed by atoms with Gasteiger partial charge in [-0.25, -0.2) is 8.78 Å². The predicted molar refractivity (Wildman–Crippen MR) is 176 cm³/mol. The standard InChI is InChI=1S/C36H34ClF2N5O3/c1-2-25-29(38)6-3-19-9-22(45)10-26(30(19)25)31-28(37)12-27-33(32(31)39)41-35(42-34(27)44-13-20-4-5-21(14-44)40-20)46-18-36(7-8-36)17-43-15-23-11-24(16-43)47-23/h1,3,6,9-10,12,20-21,23-24,40,45H,4-5,7-8,11,13-18H2. The summed E-state index contributed by atoms with van der Waals surface area (Å²) in [6.07, 6.45) is 11.8. The number of aromatic nitrogens is 2. The van der Waals surface area contributed by atoms with Gasteiger partial charge in [0.2, 0.25) is 0 Å². The van der Waals surface area contributed by atoms with Crippen LogP contribution in [0, 0.1) is 29.4 Å². The van der Waals surface area contributed by atoms with Gasteiger partial charge in [0.15, 0.2) is 5.82 Å². The van der Waals surface area contributed by atoms with Gasteiger partial charge in [-0.3, -0.25) is 4.90 Å². The summed E-state index contributed by atoms with van der Waals surface area (Å²) in [7, 11) is 0. The van der Waals surface area contributed by atoms with Gasteiger partial charge in [0.25, 0.3) is 0 Å². The monoisotopic (exact) mass is 657 g/mol. The second-order valence-electron chi connectivity index (χ2n) is 14.1. The van der Waals surface area contributed by atoms with Crippen molar-refractivity contribution >= 4 is 39.1 Å². The molecular formula is C36H34ClF2N5O3. The van der Waals surface area contributed by atoms with Crippen LogP contribution in [0.2, 0.25) is 5.02 Å². The summed E-state index contributed by atoms with van der Waals surface area (Å²) in [5, 5.41) is 15.5. The van der Waals surface area contributed by atoms with E-state index in [1.54, 1.807) is 6.07 Å². The van der Waals surface area contributed by atoms with E-state index in [-0.39, 0.29) is 49.8 Å². The zero-order valence-corrected chi connectivity index (χ0v) is 26.5. The van der Waals surface area contributed by atoms with Crippen molar-refractivity contribution in [2.24, 2.45) is 5.41 Å². The number of hydrogen-bond acceptors (Lipinski definition) is 8. The third-order valence-electron chi connectivity index (χ3n) is 10.7. The topological polar surface area (TPSA) is 83.0 Å². The number of halogens is 3. The number of benzene rings is 3. The lowest BCUT2D eigenvalue weighted by Gasteiger charge is -2.48. The Morgan fingerprint density at radius 3 is 2.53 bits per heavy atom. The first-order valence-electron chi connectivity index (χ1n) is 16.4. The molecule has 242 valence electrons. The second-order valence-corrected chi connectivity index (χ2v) is 14.5. The number of rotatable bonds is 7. The van der Waals surface area contributed by atoms with Crippen LogP contribution in [0.3, 0.4) is 0 Å². The summed E-state index contributed by atoms with van der Waals surface area (Å²) in [5.41, 5.74) is 0.173. The first kappa shape index (κ1) is 29.4. The molecule has 4 bridgehead atoms. The van der Waals surface area contributed by atoms with Gasteiger partial charge >= 0.3 is 6.01 Å². The summed E-state index contributed by atoms with van der Waals surface area (Å²) in [6, 6.07) is 7.95. The maximum atomic E-state index is 17.0. The molecule has 11 heteroatoms. The van der Waals surface area contributed by atoms with Crippen molar-refractivity contribution in [3.8, 4) is 35.2 Å². The molecule has 2 N–H and O–H groups in total. The SMILES string of the molecule is C#Cc1c(F)ccc2cc(O)cc(-c3c(Cl)cc4c(N5CC6CCC(C5)N6)nc(OCC5(CN6CC7CC(C6)O7)CC5)nc4c3F)c12. The Labute approximate surface area is 276 Å². The number of nitrogens with zero attached hydrogens (tertiary/aromatic N) is 4. The average molecular weight is 658 g/mol. The van der Waals surface area contributed by atoms with Crippen LogP contribution in [0.4, 0.5) is 14.6 Å². The number of anilines is 1. The van der Waals surface area contributed by atoms with Gasteiger partial charge in [-0.15, -0.1) is 6.42 Å². The molecule has 6 aliphatic rings. The zero-order chi connectivity index (χ0) is 32.0. The Morgan fingerprint density at radius 1 is 1.09 bits per heavy atom. The maximum absolute atomic E-state index is 17.0. The van der Waals surface area contributed by atoms with Gasteiger partial charge in [-0.2, -0.15) is 9.97 Å². The number of hydrogen-bond donors (Lipinski definition) is 2. The summed E-state index contributed by atoms with van der Waals surface area (Å²) in [5.74, 6) is 1.50. The van der Waals surface area contributed by atoms with Crippen molar-refractivity contribution in [1.82, 2.24) is 20.2 Å². The fourth-order valence-electron chi connectivity index (χ4n) is 8.23. The van der Waals surface area contributed by atoms with Crippen LogP contribution >= 0.6 is 11.6 Å². The Balaban J connectivity index is 1.14. The van der Waals surface area contributed by atoms with Crippen LogP contribution in [0.1, 0.15) is 37.7 Å². The third kappa shape index (κ3) is 5.06. The van der Waals surface area contributed by atoms with Gasteiger partial charge in [-0.1, -0.05) is 23.6 Å². The minimum atomic E-state index is -0.716. The van der Waals surface area contributed by atoms with Crippen LogP contribution in [0.15, 0.2) is 30.3 Å². The minimum Gasteiger partial charge on any atom is -0.508 e. The molecule has 5 aliphatic heterocycles. The van der Waals surface area contributed by atoms with Crippen LogP contribution in [-0.2, 0) is 4.74 Å². The number of piperidine rings is 1. The molecule has 6 heterocycles. The van der Waals surface area contributed by atoms with Crippen LogP contribution in [-0.4, -0.2) is 83.6 Å². The molecule has 0 spiro atoms. The first-order valence-corrected chi connectivity index (χ1v) is 16.8. The van der Waals surface area contributed by atoms with Gasteiger partial charge in [-0.05, 0) is 60.9 Å². The second kappa shape index (κ2) is 10.9. The average Bonchev–Trinajstić information content (AvgIpc) is 3.72. The van der Waals surface area contributed by atoms with Crippen LogP contribution in [0.5, 0.6) is 11.8 Å². The van der Waals surface area contributed by atoms with Crippen molar-refractivity contribution in [2.45, 2.75) is 56.4 Å². The highest BCUT2D eigenvalue weighted by Crippen LogP contribution is 2.48. The van der Waals surface area contributed by atoms with Crippen LogP contribution < -0.4 is 15.0 Å². The molecule has 6 fully saturated rings. The van der Waals surface area contributed by atoms with E-state index in [1.807, 2.05) is 0 Å². The van der Waals surface area contributed by atoms with Gasteiger partial charge in [0.1, 0.15) is 22.9 Å². The van der Waals surface area contributed by atoms with Crippen molar-refractivity contribution in [1.29, 1.82) is 0 Å². The van der Waals surface area contributed by atoms with E-state index in [2.05, 4.69) is 26.0 Å². The summed E-state index contributed by atoms with van der Waals surface area (Å²) >= 11 is 6.89. The molecule has 10 rings (SSSR count). The fourth-order valence-corrected chi connectivity index (χ4v) is 8.53. The molecule has 4 atom stereocenters. The Bertz CT molecular complexity index is 1970. The molecule has 1 saturated carbocycles. The number of phenols is 1. The highest BCUT2D eigenvalue weighted by molar-refractivity contribution is 6.35. The van der Waals surface area contributed by atoms with Crippen LogP contribution in [0.25, 0.3) is 32.8 Å². The number of terminal acetylenes is 1. The van der Waals surface area contributed by atoms with Crippen molar-refractivity contribution in [3.05, 3.63) is 52.6 Å². The van der Waals surface area contributed by atoms with Gasteiger partial charge < -0.3 is 24.8 Å². The Morgan fingerprint density at radius 2 is 1.83 bits per heavy atom. The maximum Gasteiger partial charge on any atom is 0.319 e. The number of ether oxygens (including phenoxy) is 2. The molecule has 5 saturated heterocycles. The molecule has 4 unspecified atom stereocenters. The summed E-state index contributed by atoms with van der Waals surface area (Å²) in [4.78, 5) is 14.2. The molecule has 4 aromatic rings. The molecule has 8 nitrogen and oxygen atoms in total. The molecule has 1 aliphatic carbocycles. The van der Waals surface area contributed by atoms with Crippen molar-refractivity contribution in [3.63, 3.8) is 0 Å². The number of phenolic OH excluding ortho intramolecular Hbond substituents is 1. The lowest BCUT2D eigenvalue weighted by Crippen LogP contribution is -2.58. The number of piperazine rings is 1. The van der Waals surface area contributed by atoms with E-state index in [1.165, 1.54) is 24.3 Å². The molecule has 1 aromatic heterocycles. The van der Waals surface area contributed by atoms with E-state index >= 15 is 4.39 Å². The molecule has 47 heavy (non-hydrogen) atoms. The third-order valence-corrected chi connectivity index (χ3v) is 11.0. The van der Waals surface area contributed by atoms with Gasteiger partial charge in [0, 0.05) is 73.0 Å². The predicted octanol–water partition coefficient (Wildman–Crippen LogP) is 5.64.